The Balaban J connectivity index is 2.16. The molecule has 2 rings (SSSR count). The molecule has 6 nitrogen and oxygen atoms in total. The van der Waals surface area contributed by atoms with Crippen molar-refractivity contribution in [3.63, 3.8) is 0 Å². The number of carbonyl (C=O) groups is 1. The first-order valence-electron chi connectivity index (χ1n) is 7.49. The molecule has 0 aromatic carbocycles. The summed E-state index contributed by atoms with van der Waals surface area (Å²) in [6.45, 7) is 9.22. The fourth-order valence-electron chi connectivity index (χ4n) is 2.26. The summed E-state index contributed by atoms with van der Waals surface area (Å²) >= 11 is 0. The molecule has 1 N–H and O–H groups in total. The second-order valence-corrected chi connectivity index (χ2v) is 6.83. The predicted molar refractivity (Wildman–Crippen MR) is 83.3 cm³/mol. The van der Waals surface area contributed by atoms with Crippen molar-refractivity contribution < 1.29 is 23.8 Å². The lowest BCUT2D eigenvalue weighted by Gasteiger charge is -2.33. The predicted octanol–water partition coefficient (Wildman–Crippen LogP) is 2.69. The van der Waals surface area contributed by atoms with Gasteiger partial charge in [0.1, 0.15) is 23.1 Å². The first-order chi connectivity index (χ1) is 10.6. The maximum atomic E-state index is 12.4. The van der Waals surface area contributed by atoms with Crippen molar-refractivity contribution in [2.45, 2.75) is 58.1 Å². The van der Waals surface area contributed by atoms with E-state index < -0.39 is 29.6 Å². The number of carbonyl (C=O) groups excluding carboxylic acids is 1. The number of furan rings is 1. The van der Waals surface area contributed by atoms with Crippen LogP contribution in [0.5, 0.6) is 0 Å². The fraction of sp³-hybridized carbons (Fsp3) is 0.588. The highest BCUT2D eigenvalue weighted by molar-refractivity contribution is 5.70. The Morgan fingerprint density at radius 3 is 2.78 bits per heavy atom. The highest BCUT2D eigenvalue weighted by Crippen LogP contribution is 2.29. The van der Waals surface area contributed by atoms with E-state index in [2.05, 4.69) is 11.8 Å². The van der Waals surface area contributed by atoms with E-state index in [-0.39, 0.29) is 6.61 Å². The monoisotopic (exact) mass is 321 g/mol. The normalized spacial score (nSPS) is 21.5. The van der Waals surface area contributed by atoms with Crippen LogP contribution in [0.1, 0.15) is 46.5 Å². The molecule has 1 aromatic rings. The van der Waals surface area contributed by atoms with Gasteiger partial charge in [0.25, 0.3) is 0 Å². The molecular formula is C17H23NO5. The smallest absolute Gasteiger partial charge is 0.413 e. The minimum absolute atomic E-state index is 0.254. The summed E-state index contributed by atoms with van der Waals surface area (Å²) in [6, 6.07) is 2.82. The van der Waals surface area contributed by atoms with Gasteiger partial charge in [-0.05, 0) is 46.8 Å². The van der Waals surface area contributed by atoms with Crippen molar-refractivity contribution in [3.05, 3.63) is 24.2 Å². The Bertz CT molecular complexity index is 603. The van der Waals surface area contributed by atoms with Crippen molar-refractivity contribution in [1.82, 2.24) is 4.90 Å². The van der Waals surface area contributed by atoms with E-state index in [0.29, 0.717) is 5.76 Å². The molecule has 126 valence electrons. The maximum Gasteiger partial charge on any atom is 0.413 e. The molecule has 1 amide bonds. The summed E-state index contributed by atoms with van der Waals surface area (Å²) in [7, 11) is 0. The molecule has 1 aliphatic rings. The molecule has 0 spiro atoms. The summed E-state index contributed by atoms with van der Waals surface area (Å²) in [6.07, 6.45) is -0.0735. The van der Waals surface area contributed by atoms with E-state index >= 15 is 0 Å². The lowest BCUT2D eigenvalue weighted by molar-refractivity contribution is -0.0608. The largest absolute Gasteiger partial charge is 0.466 e. The molecule has 1 aromatic heterocycles. The van der Waals surface area contributed by atoms with E-state index in [9.17, 15) is 9.90 Å². The topological polar surface area (TPSA) is 72.1 Å². The van der Waals surface area contributed by atoms with Crippen molar-refractivity contribution >= 4 is 6.09 Å². The minimum atomic E-state index is -1.05. The molecule has 1 saturated heterocycles. The fourth-order valence-corrected chi connectivity index (χ4v) is 2.26. The summed E-state index contributed by atoms with van der Waals surface area (Å²) in [5.41, 5.74) is -1.43. The lowest BCUT2D eigenvalue weighted by Crippen LogP contribution is -2.49. The van der Waals surface area contributed by atoms with Crippen LogP contribution in [0.4, 0.5) is 4.79 Å². The van der Waals surface area contributed by atoms with Gasteiger partial charge in [-0.2, -0.15) is 0 Å². The van der Waals surface area contributed by atoms with Gasteiger partial charge in [0.2, 0.25) is 0 Å². The Morgan fingerprint density at radius 2 is 2.22 bits per heavy atom. The number of aliphatic hydroxyl groups excluding tert-OH is 1. The van der Waals surface area contributed by atoms with Crippen molar-refractivity contribution in [2.24, 2.45) is 0 Å². The molecule has 2 heterocycles. The standard InChI is InChI=1S/C17H23NO5/c1-16(2,3)23-15(20)18-12(11-22-17(18,4)5)8-9-13(19)14-7-6-10-21-14/h6-7,10,12-13,19H,11H2,1-5H3/t12-,13?/m1/s1. The minimum Gasteiger partial charge on any atom is -0.466 e. The molecule has 23 heavy (non-hydrogen) atoms. The number of hydrogen-bond acceptors (Lipinski definition) is 5. The molecule has 0 aliphatic carbocycles. The third-order valence-electron chi connectivity index (χ3n) is 3.28. The highest BCUT2D eigenvalue weighted by atomic mass is 16.6. The van der Waals surface area contributed by atoms with Gasteiger partial charge in [-0.3, -0.25) is 4.90 Å². The van der Waals surface area contributed by atoms with Crippen molar-refractivity contribution in [1.29, 1.82) is 0 Å². The molecule has 1 aliphatic heterocycles. The van der Waals surface area contributed by atoms with Crippen LogP contribution in [0.2, 0.25) is 0 Å². The van der Waals surface area contributed by atoms with Crippen LogP contribution in [0.25, 0.3) is 0 Å². The molecule has 6 heteroatoms. The van der Waals surface area contributed by atoms with Crippen LogP contribution in [-0.2, 0) is 9.47 Å². The van der Waals surface area contributed by atoms with Crippen LogP contribution in [0.3, 0.4) is 0 Å². The second kappa shape index (κ2) is 6.26. The van der Waals surface area contributed by atoms with Crippen LogP contribution < -0.4 is 0 Å². The Hall–Kier alpha value is -1.97. The van der Waals surface area contributed by atoms with Crippen LogP contribution in [0, 0.1) is 11.8 Å². The molecule has 1 unspecified atom stereocenters. The van der Waals surface area contributed by atoms with E-state index in [0.717, 1.165) is 0 Å². The van der Waals surface area contributed by atoms with Gasteiger partial charge in [-0.1, -0.05) is 11.8 Å². The molecule has 0 bridgehead atoms. The molecule has 2 atom stereocenters. The van der Waals surface area contributed by atoms with Gasteiger partial charge in [0.15, 0.2) is 6.10 Å². The number of rotatable bonds is 1. The number of aliphatic hydroxyl groups is 1. The Labute approximate surface area is 136 Å². The van der Waals surface area contributed by atoms with Gasteiger partial charge in [0, 0.05) is 0 Å². The summed E-state index contributed by atoms with van der Waals surface area (Å²) in [5, 5.41) is 9.97. The zero-order valence-corrected chi connectivity index (χ0v) is 14.1. The molecule has 0 radical (unpaired) electrons. The number of nitrogens with zero attached hydrogens (tertiary/aromatic N) is 1. The summed E-state index contributed by atoms with van der Waals surface area (Å²) in [5.74, 6) is 5.94. The zero-order chi connectivity index (χ0) is 17.3. The molecule has 1 fully saturated rings. The quantitative estimate of drug-likeness (QED) is 0.805. The summed E-state index contributed by atoms with van der Waals surface area (Å²) < 4.78 is 16.2. The van der Waals surface area contributed by atoms with E-state index in [1.165, 1.54) is 11.2 Å². The lowest BCUT2D eigenvalue weighted by atomic mass is 10.2. The van der Waals surface area contributed by atoms with E-state index in [4.69, 9.17) is 13.9 Å². The molecule has 0 saturated carbocycles. The van der Waals surface area contributed by atoms with Crippen LogP contribution >= 0.6 is 0 Å². The number of amides is 1. The van der Waals surface area contributed by atoms with Crippen molar-refractivity contribution in [3.8, 4) is 11.8 Å². The van der Waals surface area contributed by atoms with Gasteiger partial charge < -0.3 is 19.0 Å². The first kappa shape index (κ1) is 17.4. The van der Waals surface area contributed by atoms with Crippen molar-refractivity contribution in [2.75, 3.05) is 6.61 Å². The number of ether oxygens (including phenoxy) is 2. The average molecular weight is 321 g/mol. The van der Waals surface area contributed by atoms with Gasteiger partial charge >= 0.3 is 6.09 Å². The average Bonchev–Trinajstić information content (AvgIpc) is 3.01. The third kappa shape index (κ3) is 4.27. The zero-order valence-electron chi connectivity index (χ0n) is 14.1. The third-order valence-corrected chi connectivity index (χ3v) is 3.28. The number of hydrogen-bond donors (Lipinski definition) is 1. The molecular weight excluding hydrogens is 298 g/mol. The van der Waals surface area contributed by atoms with E-state index in [1.54, 1.807) is 46.8 Å². The highest BCUT2D eigenvalue weighted by Gasteiger charge is 2.45. The van der Waals surface area contributed by atoms with Crippen LogP contribution in [-0.4, -0.2) is 40.1 Å². The Kier molecular flexibility index (Phi) is 4.73. The second-order valence-electron chi connectivity index (χ2n) is 6.83. The summed E-state index contributed by atoms with van der Waals surface area (Å²) in [4.78, 5) is 13.9. The Morgan fingerprint density at radius 1 is 1.52 bits per heavy atom. The van der Waals surface area contributed by atoms with Gasteiger partial charge in [0.05, 0.1) is 12.9 Å². The first-order valence-corrected chi connectivity index (χ1v) is 7.49. The van der Waals surface area contributed by atoms with E-state index in [1.807, 2.05) is 0 Å². The maximum absolute atomic E-state index is 12.4. The van der Waals surface area contributed by atoms with Gasteiger partial charge in [-0.15, -0.1) is 0 Å². The van der Waals surface area contributed by atoms with Crippen LogP contribution in [0.15, 0.2) is 22.8 Å². The SMILES string of the molecule is CC(C)(C)OC(=O)N1[C@H](C#CC(O)c2ccco2)COC1(C)C. The van der Waals surface area contributed by atoms with Gasteiger partial charge in [-0.25, -0.2) is 4.79 Å².